The van der Waals surface area contributed by atoms with Crippen molar-refractivity contribution in [2.75, 3.05) is 7.11 Å². The molecule has 3 nitrogen and oxygen atoms in total. The van der Waals surface area contributed by atoms with E-state index in [2.05, 4.69) is 0 Å². The Kier molecular flexibility index (Phi) is 4.58. The number of carbonyl (C=O) groups excluding carboxylic acids is 1. The highest BCUT2D eigenvalue weighted by molar-refractivity contribution is 6.10. The molecule has 0 N–H and O–H groups in total. The molecule has 110 valence electrons. The van der Waals surface area contributed by atoms with Gasteiger partial charge in [0, 0.05) is 5.56 Å². The summed E-state index contributed by atoms with van der Waals surface area (Å²) in [4.78, 5) is 12.5. The van der Waals surface area contributed by atoms with Gasteiger partial charge >= 0.3 is 0 Å². The van der Waals surface area contributed by atoms with E-state index >= 15 is 0 Å². The summed E-state index contributed by atoms with van der Waals surface area (Å²) < 4.78 is 24.1. The summed E-state index contributed by atoms with van der Waals surface area (Å²) in [5.74, 6) is 0.164. The summed E-state index contributed by atoms with van der Waals surface area (Å²) in [6, 6.07) is 10.7. The van der Waals surface area contributed by atoms with Crippen molar-refractivity contribution in [3.63, 3.8) is 0 Å². The minimum atomic E-state index is -0.478. The molecule has 0 aliphatic carbocycles. The minimum absolute atomic E-state index is 0.0130. The van der Waals surface area contributed by atoms with Crippen LogP contribution in [-0.4, -0.2) is 19.0 Å². The molecule has 0 spiro atoms. The van der Waals surface area contributed by atoms with Gasteiger partial charge in [-0.15, -0.1) is 0 Å². The minimum Gasteiger partial charge on any atom is -0.496 e. The Morgan fingerprint density at radius 2 is 1.90 bits per heavy atom. The summed E-state index contributed by atoms with van der Waals surface area (Å²) in [6.45, 7) is 3.81. The van der Waals surface area contributed by atoms with Crippen molar-refractivity contribution in [2.45, 2.75) is 20.0 Å². The summed E-state index contributed by atoms with van der Waals surface area (Å²) in [5, 5.41) is 0. The topological polar surface area (TPSA) is 35.5 Å². The molecule has 0 radical (unpaired) electrons. The number of carbonyl (C=O) groups is 1. The Morgan fingerprint density at radius 1 is 1.14 bits per heavy atom. The molecule has 21 heavy (non-hydrogen) atoms. The molecule has 0 heterocycles. The van der Waals surface area contributed by atoms with Gasteiger partial charge in [0.2, 0.25) is 0 Å². The lowest BCUT2D eigenvalue weighted by Crippen LogP contribution is -2.08. The van der Waals surface area contributed by atoms with Gasteiger partial charge in [-0.1, -0.05) is 12.1 Å². The second kappa shape index (κ2) is 6.39. The maximum Gasteiger partial charge on any atom is 0.196 e. The van der Waals surface area contributed by atoms with Crippen molar-refractivity contribution in [1.29, 1.82) is 0 Å². The fourth-order valence-corrected chi connectivity index (χ4v) is 2.00. The van der Waals surface area contributed by atoms with Gasteiger partial charge in [0.25, 0.3) is 0 Å². The second-order valence-corrected chi connectivity index (χ2v) is 4.87. The van der Waals surface area contributed by atoms with Gasteiger partial charge in [-0.3, -0.25) is 4.79 Å². The first-order valence-electron chi connectivity index (χ1n) is 6.66. The van der Waals surface area contributed by atoms with Crippen molar-refractivity contribution in [3.05, 3.63) is 59.4 Å². The van der Waals surface area contributed by atoms with Crippen LogP contribution in [0.15, 0.2) is 42.5 Å². The predicted molar refractivity (Wildman–Crippen MR) is 78.6 cm³/mol. The van der Waals surface area contributed by atoms with E-state index in [1.807, 2.05) is 13.8 Å². The van der Waals surface area contributed by atoms with Crippen molar-refractivity contribution >= 4 is 5.78 Å². The van der Waals surface area contributed by atoms with Gasteiger partial charge in [0.15, 0.2) is 5.78 Å². The molecule has 0 atom stereocenters. The van der Waals surface area contributed by atoms with Gasteiger partial charge < -0.3 is 9.47 Å². The molecular formula is C17H17FO3. The van der Waals surface area contributed by atoms with Crippen LogP contribution in [0.4, 0.5) is 4.39 Å². The molecule has 2 aromatic rings. The highest BCUT2D eigenvalue weighted by atomic mass is 19.1. The average molecular weight is 288 g/mol. The molecular weight excluding hydrogens is 271 g/mol. The largest absolute Gasteiger partial charge is 0.496 e. The van der Waals surface area contributed by atoms with E-state index in [0.29, 0.717) is 17.1 Å². The van der Waals surface area contributed by atoms with Crippen LogP contribution >= 0.6 is 0 Å². The van der Waals surface area contributed by atoms with Gasteiger partial charge in [0.1, 0.15) is 17.3 Å². The van der Waals surface area contributed by atoms with Crippen LogP contribution < -0.4 is 9.47 Å². The fourth-order valence-electron chi connectivity index (χ4n) is 2.00. The Morgan fingerprint density at radius 3 is 2.57 bits per heavy atom. The Labute approximate surface area is 123 Å². The summed E-state index contributed by atoms with van der Waals surface area (Å²) in [7, 11) is 1.45. The van der Waals surface area contributed by atoms with E-state index in [0.717, 1.165) is 0 Å². The van der Waals surface area contributed by atoms with Gasteiger partial charge in [0.05, 0.1) is 18.8 Å². The predicted octanol–water partition coefficient (Wildman–Crippen LogP) is 3.85. The third kappa shape index (κ3) is 3.60. The summed E-state index contributed by atoms with van der Waals surface area (Å²) in [6.07, 6.45) is 0.0130. The smallest absolute Gasteiger partial charge is 0.196 e. The second-order valence-electron chi connectivity index (χ2n) is 4.87. The Bertz CT molecular complexity index is 650. The van der Waals surface area contributed by atoms with Gasteiger partial charge in [-0.25, -0.2) is 4.39 Å². The summed E-state index contributed by atoms with van der Waals surface area (Å²) in [5.41, 5.74) is 0.622. The van der Waals surface area contributed by atoms with Crippen LogP contribution in [-0.2, 0) is 0 Å². The first kappa shape index (κ1) is 15.0. The monoisotopic (exact) mass is 288 g/mol. The normalized spacial score (nSPS) is 10.5. The molecule has 0 fully saturated rings. The number of benzene rings is 2. The van der Waals surface area contributed by atoms with Crippen LogP contribution in [0.25, 0.3) is 0 Å². The van der Waals surface area contributed by atoms with Crippen molar-refractivity contribution in [1.82, 2.24) is 0 Å². The molecule has 0 aliphatic rings. The molecule has 0 saturated carbocycles. The maximum absolute atomic E-state index is 13.4. The quantitative estimate of drug-likeness (QED) is 0.784. The molecule has 0 aromatic heterocycles. The van der Waals surface area contributed by atoms with Gasteiger partial charge in [-0.2, -0.15) is 0 Å². The maximum atomic E-state index is 13.4. The number of hydrogen-bond donors (Lipinski definition) is 0. The number of rotatable bonds is 5. The van der Waals surface area contributed by atoms with E-state index in [4.69, 9.17) is 9.47 Å². The highest BCUT2D eigenvalue weighted by Crippen LogP contribution is 2.24. The molecule has 0 bridgehead atoms. The van der Waals surface area contributed by atoms with Gasteiger partial charge in [-0.05, 0) is 44.2 Å². The SMILES string of the molecule is COc1ccc(F)cc1C(=O)c1cccc(OC(C)C)c1. The number of ketones is 1. The van der Waals surface area contributed by atoms with Crippen molar-refractivity contribution in [3.8, 4) is 11.5 Å². The zero-order valence-electron chi connectivity index (χ0n) is 12.2. The number of methoxy groups -OCH3 is 1. The van der Waals surface area contributed by atoms with E-state index in [9.17, 15) is 9.18 Å². The average Bonchev–Trinajstić information content (AvgIpc) is 2.46. The molecule has 4 heteroatoms. The highest BCUT2D eigenvalue weighted by Gasteiger charge is 2.16. The van der Waals surface area contributed by atoms with Crippen LogP contribution in [0.3, 0.4) is 0 Å². The first-order chi connectivity index (χ1) is 10.0. The third-order valence-electron chi connectivity index (χ3n) is 2.87. The van der Waals surface area contributed by atoms with Crippen LogP contribution in [0.2, 0.25) is 0 Å². The molecule has 0 unspecified atom stereocenters. The Balaban J connectivity index is 2.38. The Hall–Kier alpha value is -2.36. The zero-order valence-corrected chi connectivity index (χ0v) is 12.2. The van der Waals surface area contributed by atoms with Crippen molar-refractivity contribution < 1.29 is 18.7 Å². The third-order valence-corrected chi connectivity index (χ3v) is 2.87. The van der Waals surface area contributed by atoms with Crippen LogP contribution in [0.5, 0.6) is 11.5 Å². The lowest BCUT2D eigenvalue weighted by Gasteiger charge is -2.11. The molecule has 0 saturated heterocycles. The van der Waals surface area contributed by atoms with E-state index < -0.39 is 5.82 Å². The lowest BCUT2D eigenvalue weighted by molar-refractivity contribution is 0.103. The number of ether oxygens (including phenoxy) is 2. The number of halogens is 1. The van der Waals surface area contributed by atoms with E-state index in [1.54, 1.807) is 24.3 Å². The standard InChI is InChI=1S/C17H17FO3/c1-11(2)21-14-6-4-5-12(9-14)17(19)15-10-13(18)7-8-16(15)20-3/h4-11H,1-3H3. The fraction of sp³-hybridized carbons (Fsp3) is 0.235. The van der Waals surface area contributed by atoms with Crippen LogP contribution in [0.1, 0.15) is 29.8 Å². The van der Waals surface area contributed by atoms with E-state index in [1.165, 1.54) is 25.3 Å². The van der Waals surface area contributed by atoms with Crippen LogP contribution in [0, 0.1) is 5.82 Å². The molecule has 0 aliphatic heterocycles. The van der Waals surface area contributed by atoms with Crippen molar-refractivity contribution in [2.24, 2.45) is 0 Å². The molecule has 2 aromatic carbocycles. The first-order valence-corrected chi connectivity index (χ1v) is 6.66. The molecule has 0 amide bonds. The number of hydrogen-bond acceptors (Lipinski definition) is 3. The molecule has 2 rings (SSSR count). The summed E-state index contributed by atoms with van der Waals surface area (Å²) >= 11 is 0. The van der Waals surface area contributed by atoms with E-state index in [-0.39, 0.29) is 17.5 Å². The lowest BCUT2D eigenvalue weighted by atomic mass is 10.0. The zero-order chi connectivity index (χ0) is 15.4.